The average molecular weight is 976 g/mol. The van der Waals surface area contributed by atoms with E-state index in [1.165, 1.54) is 257 Å². The lowest BCUT2D eigenvalue weighted by molar-refractivity contribution is -0.167. The van der Waals surface area contributed by atoms with Crippen LogP contribution in [0.25, 0.3) is 0 Å². The summed E-state index contributed by atoms with van der Waals surface area (Å²) in [7, 11) is 0. The van der Waals surface area contributed by atoms with Crippen molar-refractivity contribution in [1.29, 1.82) is 0 Å². The number of hydrogen-bond acceptors (Lipinski definition) is 6. The van der Waals surface area contributed by atoms with Gasteiger partial charge in [0.1, 0.15) is 13.2 Å². The lowest BCUT2D eigenvalue weighted by Crippen LogP contribution is -2.30. The molecule has 0 fully saturated rings. The molecule has 1 unspecified atom stereocenters. The molecule has 0 aliphatic carbocycles. The van der Waals surface area contributed by atoms with Crippen molar-refractivity contribution in [3.8, 4) is 0 Å². The normalized spacial score (nSPS) is 12.3. The molecule has 0 N–H and O–H groups in total. The smallest absolute Gasteiger partial charge is 0.306 e. The number of ether oxygens (including phenoxy) is 3. The highest BCUT2D eigenvalue weighted by Crippen LogP contribution is 2.19. The van der Waals surface area contributed by atoms with Gasteiger partial charge in [0.15, 0.2) is 6.10 Å². The van der Waals surface area contributed by atoms with Crippen LogP contribution in [-0.4, -0.2) is 37.2 Å². The number of unbranched alkanes of at least 4 members (excludes halogenated alkanes) is 44. The van der Waals surface area contributed by atoms with E-state index in [2.05, 4.69) is 27.7 Å². The quantitative estimate of drug-likeness (QED) is 0.0343. The second-order valence-electron chi connectivity index (χ2n) is 21.9. The summed E-state index contributed by atoms with van der Waals surface area (Å²) in [5.41, 5.74) is 0. The van der Waals surface area contributed by atoms with E-state index >= 15 is 0 Å². The maximum absolute atomic E-state index is 12.9. The Morgan fingerprint density at radius 3 is 0.754 bits per heavy atom. The van der Waals surface area contributed by atoms with Crippen LogP contribution in [0, 0.1) is 5.92 Å². The second kappa shape index (κ2) is 57.3. The van der Waals surface area contributed by atoms with Crippen LogP contribution in [0.4, 0.5) is 0 Å². The zero-order valence-electron chi connectivity index (χ0n) is 47.3. The van der Waals surface area contributed by atoms with Crippen molar-refractivity contribution < 1.29 is 28.6 Å². The summed E-state index contributed by atoms with van der Waals surface area (Å²) >= 11 is 0. The fraction of sp³-hybridized carbons (Fsp3) is 0.952. The lowest BCUT2D eigenvalue weighted by Gasteiger charge is -2.18. The van der Waals surface area contributed by atoms with Crippen molar-refractivity contribution in [3.05, 3.63) is 0 Å². The van der Waals surface area contributed by atoms with Crippen LogP contribution in [0.15, 0.2) is 0 Å². The molecule has 0 heterocycles. The molecule has 0 amide bonds. The Morgan fingerprint density at radius 1 is 0.290 bits per heavy atom. The first-order valence-electron chi connectivity index (χ1n) is 31.4. The highest BCUT2D eigenvalue weighted by molar-refractivity contribution is 5.71. The molecule has 0 spiro atoms. The van der Waals surface area contributed by atoms with Crippen LogP contribution < -0.4 is 0 Å². The van der Waals surface area contributed by atoms with Gasteiger partial charge < -0.3 is 14.2 Å². The van der Waals surface area contributed by atoms with Gasteiger partial charge in [-0.05, 0) is 25.2 Å². The zero-order valence-corrected chi connectivity index (χ0v) is 47.3. The first-order chi connectivity index (χ1) is 33.9. The molecule has 0 saturated heterocycles. The lowest BCUT2D eigenvalue weighted by atomic mass is 9.99. The standard InChI is InChI=1S/C63H122O6/c1-5-8-10-12-14-16-18-19-20-21-22-27-30-33-36-40-44-48-52-56-63(66)69-60(57-67-61(64)54-50-46-42-38-17-15-13-11-9-6-2)58-68-62(65)55-51-47-43-39-35-32-29-26-24-23-25-28-31-34-37-41-45-49-53-59(4)7-3/h59-60H,5-58H2,1-4H3/t59?,60-/m1/s1. The van der Waals surface area contributed by atoms with Crippen LogP contribution in [0.2, 0.25) is 0 Å². The van der Waals surface area contributed by atoms with Crippen LogP contribution in [0.1, 0.15) is 362 Å². The van der Waals surface area contributed by atoms with Crippen molar-refractivity contribution in [2.75, 3.05) is 13.2 Å². The number of carbonyl (C=O) groups excluding carboxylic acids is 3. The molecule has 0 rings (SSSR count). The summed E-state index contributed by atoms with van der Waals surface area (Å²) in [4.78, 5) is 38.2. The molecule has 0 aliphatic heterocycles. The van der Waals surface area contributed by atoms with E-state index in [1.807, 2.05) is 0 Å². The predicted molar refractivity (Wildman–Crippen MR) is 298 cm³/mol. The zero-order chi connectivity index (χ0) is 50.2. The van der Waals surface area contributed by atoms with E-state index in [1.54, 1.807) is 0 Å². The molecular weight excluding hydrogens is 853 g/mol. The molecule has 0 aromatic carbocycles. The van der Waals surface area contributed by atoms with E-state index < -0.39 is 6.10 Å². The molecule has 69 heavy (non-hydrogen) atoms. The van der Waals surface area contributed by atoms with Gasteiger partial charge in [-0.1, -0.05) is 323 Å². The Balaban J connectivity index is 4.18. The van der Waals surface area contributed by atoms with Crippen LogP contribution >= 0.6 is 0 Å². The fourth-order valence-corrected chi connectivity index (χ4v) is 9.78. The van der Waals surface area contributed by atoms with Crippen LogP contribution in [0.3, 0.4) is 0 Å². The minimum absolute atomic E-state index is 0.0615. The van der Waals surface area contributed by atoms with E-state index in [4.69, 9.17) is 14.2 Å². The maximum atomic E-state index is 12.9. The molecule has 6 heteroatoms. The van der Waals surface area contributed by atoms with E-state index in [9.17, 15) is 14.4 Å². The molecule has 0 aromatic heterocycles. The molecule has 0 aromatic rings. The molecule has 2 atom stereocenters. The van der Waals surface area contributed by atoms with Gasteiger partial charge in [0.25, 0.3) is 0 Å². The highest BCUT2D eigenvalue weighted by Gasteiger charge is 2.19. The summed E-state index contributed by atoms with van der Waals surface area (Å²) in [6.45, 7) is 9.11. The van der Waals surface area contributed by atoms with E-state index in [-0.39, 0.29) is 31.1 Å². The Bertz CT molecular complexity index is 1040. The summed E-state index contributed by atoms with van der Waals surface area (Å²) in [6, 6.07) is 0. The molecule has 0 aliphatic rings. The Morgan fingerprint density at radius 2 is 0.507 bits per heavy atom. The van der Waals surface area contributed by atoms with Crippen LogP contribution in [0.5, 0.6) is 0 Å². The van der Waals surface area contributed by atoms with Crippen LogP contribution in [-0.2, 0) is 28.6 Å². The molecule has 6 nitrogen and oxygen atoms in total. The molecule has 410 valence electrons. The third-order valence-electron chi connectivity index (χ3n) is 14.9. The number of rotatable bonds is 58. The number of esters is 3. The predicted octanol–water partition coefficient (Wildman–Crippen LogP) is 21.0. The molecule has 0 bridgehead atoms. The monoisotopic (exact) mass is 975 g/mol. The highest BCUT2D eigenvalue weighted by atomic mass is 16.6. The largest absolute Gasteiger partial charge is 0.462 e. The van der Waals surface area contributed by atoms with E-state index in [0.29, 0.717) is 19.3 Å². The average Bonchev–Trinajstić information content (AvgIpc) is 3.35. The molecular formula is C63H122O6. The molecule has 0 radical (unpaired) electrons. The SMILES string of the molecule is CCCCCCCCCCCCCCCCCCCCCC(=O)O[C@H](COC(=O)CCCCCCCCCCCC)COC(=O)CCCCCCCCCCCCCCCCCCCCC(C)CC. The van der Waals surface area contributed by atoms with Gasteiger partial charge in [-0.2, -0.15) is 0 Å². The van der Waals surface area contributed by atoms with Gasteiger partial charge in [-0.25, -0.2) is 0 Å². The van der Waals surface area contributed by atoms with Crippen molar-refractivity contribution in [3.63, 3.8) is 0 Å². The Labute approximate surface area is 431 Å². The summed E-state index contributed by atoms with van der Waals surface area (Å²) in [5, 5.41) is 0. The second-order valence-corrected chi connectivity index (χ2v) is 21.9. The van der Waals surface area contributed by atoms with Crippen molar-refractivity contribution >= 4 is 17.9 Å². The molecule has 0 saturated carbocycles. The van der Waals surface area contributed by atoms with Crippen molar-refractivity contribution in [2.45, 2.75) is 368 Å². The summed E-state index contributed by atoms with van der Waals surface area (Å²) in [6.07, 6.45) is 63.9. The van der Waals surface area contributed by atoms with Gasteiger partial charge in [0, 0.05) is 19.3 Å². The third kappa shape index (κ3) is 55.6. The first-order valence-corrected chi connectivity index (χ1v) is 31.4. The minimum Gasteiger partial charge on any atom is -0.462 e. The fourth-order valence-electron chi connectivity index (χ4n) is 9.78. The minimum atomic E-state index is -0.762. The van der Waals surface area contributed by atoms with Gasteiger partial charge in [0.05, 0.1) is 0 Å². The Hall–Kier alpha value is -1.59. The maximum Gasteiger partial charge on any atom is 0.306 e. The number of hydrogen-bond donors (Lipinski definition) is 0. The van der Waals surface area contributed by atoms with Gasteiger partial charge in [0.2, 0.25) is 0 Å². The first kappa shape index (κ1) is 67.4. The topological polar surface area (TPSA) is 78.9 Å². The van der Waals surface area contributed by atoms with E-state index in [0.717, 1.165) is 63.7 Å². The number of carbonyl (C=O) groups is 3. The van der Waals surface area contributed by atoms with Gasteiger partial charge in [-0.3, -0.25) is 14.4 Å². The summed E-state index contributed by atoms with van der Waals surface area (Å²) < 4.78 is 16.9. The van der Waals surface area contributed by atoms with Gasteiger partial charge in [-0.15, -0.1) is 0 Å². The van der Waals surface area contributed by atoms with Crippen molar-refractivity contribution in [1.82, 2.24) is 0 Å². The Kier molecular flexibility index (Phi) is 56.0. The third-order valence-corrected chi connectivity index (χ3v) is 14.9. The summed E-state index contributed by atoms with van der Waals surface area (Å²) in [5.74, 6) is 0.0778. The van der Waals surface area contributed by atoms with Crippen molar-refractivity contribution in [2.24, 2.45) is 5.92 Å². The van der Waals surface area contributed by atoms with Gasteiger partial charge >= 0.3 is 17.9 Å².